The molecule has 0 radical (unpaired) electrons. The lowest BCUT2D eigenvalue weighted by Crippen LogP contribution is -2.43. The molecule has 0 aliphatic heterocycles. The fraction of sp³-hybridized carbons (Fsp3) is 0.455. The third kappa shape index (κ3) is 4.85. The third-order valence-corrected chi connectivity index (χ3v) is 5.52. The van der Waals surface area contributed by atoms with Crippen LogP contribution in [-0.4, -0.2) is 31.1 Å². The van der Waals surface area contributed by atoms with E-state index in [9.17, 15) is 4.39 Å². The fourth-order valence-electron chi connectivity index (χ4n) is 3.55. The minimum atomic E-state index is -0.169. The first kappa shape index (κ1) is 19.3. The molecule has 3 rings (SSSR count). The standard InChI is InChI=1S/C22H29FN4/c1-16(2)20(17-6-5-11-25-13-17)14-26-21(24-3)27-15-22(9-10-22)18-7-4-8-19(23)12-18/h4-8,11-13,16,20H,9-10,14-15H2,1-3H3,(H2,24,26,27). The van der Waals surface area contributed by atoms with E-state index in [1.54, 1.807) is 25.4 Å². The monoisotopic (exact) mass is 368 g/mol. The van der Waals surface area contributed by atoms with Gasteiger partial charge in [-0.2, -0.15) is 0 Å². The second kappa shape index (κ2) is 8.51. The van der Waals surface area contributed by atoms with E-state index in [1.165, 1.54) is 11.6 Å². The topological polar surface area (TPSA) is 49.3 Å². The lowest BCUT2D eigenvalue weighted by atomic mass is 9.89. The van der Waals surface area contributed by atoms with Gasteiger partial charge in [0, 0.05) is 43.9 Å². The van der Waals surface area contributed by atoms with Crippen LogP contribution in [0.5, 0.6) is 0 Å². The summed E-state index contributed by atoms with van der Waals surface area (Å²) in [5, 5.41) is 6.89. The molecule has 0 amide bonds. The lowest BCUT2D eigenvalue weighted by Gasteiger charge is -2.24. The maximum Gasteiger partial charge on any atom is 0.191 e. The van der Waals surface area contributed by atoms with Crippen LogP contribution >= 0.6 is 0 Å². The molecule has 1 fully saturated rings. The molecule has 1 heterocycles. The predicted molar refractivity (Wildman–Crippen MR) is 108 cm³/mol. The van der Waals surface area contributed by atoms with Crippen molar-refractivity contribution in [2.24, 2.45) is 10.9 Å². The molecule has 4 nitrogen and oxygen atoms in total. The van der Waals surface area contributed by atoms with E-state index in [-0.39, 0.29) is 11.2 Å². The smallest absolute Gasteiger partial charge is 0.191 e. The van der Waals surface area contributed by atoms with Gasteiger partial charge in [-0.3, -0.25) is 9.98 Å². The van der Waals surface area contributed by atoms with Crippen molar-refractivity contribution in [1.29, 1.82) is 0 Å². The van der Waals surface area contributed by atoms with Crippen LogP contribution in [0.15, 0.2) is 53.8 Å². The van der Waals surface area contributed by atoms with Gasteiger partial charge in [-0.25, -0.2) is 4.39 Å². The molecule has 144 valence electrons. The molecule has 1 saturated carbocycles. The number of hydrogen-bond donors (Lipinski definition) is 2. The van der Waals surface area contributed by atoms with E-state index >= 15 is 0 Å². The molecule has 0 bridgehead atoms. The van der Waals surface area contributed by atoms with Gasteiger partial charge in [0.15, 0.2) is 5.96 Å². The van der Waals surface area contributed by atoms with Crippen molar-refractivity contribution < 1.29 is 4.39 Å². The highest BCUT2D eigenvalue weighted by molar-refractivity contribution is 5.79. The summed E-state index contributed by atoms with van der Waals surface area (Å²) in [7, 11) is 1.78. The average Bonchev–Trinajstić information content (AvgIpc) is 3.46. The van der Waals surface area contributed by atoms with Crippen LogP contribution in [0.25, 0.3) is 0 Å². The summed E-state index contributed by atoms with van der Waals surface area (Å²) in [4.78, 5) is 8.61. The Hall–Kier alpha value is -2.43. The number of hydrogen-bond acceptors (Lipinski definition) is 2. The zero-order chi connectivity index (χ0) is 19.3. The molecule has 1 aromatic heterocycles. The van der Waals surface area contributed by atoms with Gasteiger partial charge in [-0.1, -0.05) is 32.0 Å². The van der Waals surface area contributed by atoms with Crippen LogP contribution in [0.1, 0.15) is 43.7 Å². The van der Waals surface area contributed by atoms with Crippen LogP contribution < -0.4 is 10.6 Å². The van der Waals surface area contributed by atoms with E-state index in [0.29, 0.717) is 11.8 Å². The first-order chi connectivity index (χ1) is 13.0. The molecule has 2 aromatic rings. The van der Waals surface area contributed by atoms with Gasteiger partial charge >= 0.3 is 0 Å². The quantitative estimate of drug-likeness (QED) is 0.576. The van der Waals surface area contributed by atoms with E-state index in [0.717, 1.165) is 37.5 Å². The van der Waals surface area contributed by atoms with Gasteiger partial charge < -0.3 is 10.6 Å². The van der Waals surface area contributed by atoms with E-state index in [1.807, 2.05) is 18.3 Å². The number of benzene rings is 1. The second-order valence-electron chi connectivity index (χ2n) is 7.73. The van der Waals surface area contributed by atoms with Gasteiger partial charge in [-0.15, -0.1) is 0 Å². The van der Waals surface area contributed by atoms with Crippen molar-refractivity contribution in [3.63, 3.8) is 0 Å². The molecule has 2 N–H and O–H groups in total. The second-order valence-corrected chi connectivity index (χ2v) is 7.73. The van der Waals surface area contributed by atoms with Crippen molar-refractivity contribution in [3.05, 3.63) is 65.7 Å². The minimum Gasteiger partial charge on any atom is -0.356 e. The molecule has 0 spiro atoms. The highest BCUT2D eigenvalue weighted by Crippen LogP contribution is 2.47. The number of halogens is 1. The SMILES string of the molecule is CN=C(NCC(c1cccnc1)C(C)C)NCC1(c2cccc(F)c2)CC1. The average molecular weight is 369 g/mol. The number of nitrogens with one attached hydrogen (secondary N) is 2. The molecule has 1 aromatic carbocycles. The van der Waals surface area contributed by atoms with Crippen molar-refractivity contribution in [2.75, 3.05) is 20.1 Å². The molecular weight excluding hydrogens is 339 g/mol. The first-order valence-electron chi connectivity index (χ1n) is 9.64. The van der Waals surface area contributed by atoms with Gasteiger partial charge in [0.2, 0.25) is 0 Å². The third-order valence-electron chi connectivity index (χ3n) is 5.52. The predicted octanol–water partition coefficient (Wildman–Crippen LogP) is 3.86. The summed E-state index contributed by atoms with van der Waals surface area (Å²) in [5.41, 5.74) is 2.33. The van der Waals surface area contributed by atoms with Crippen LogP contribution in [0.4, 0.5) is 4.39 Å². The maximum absolute atomic E-state index is 13.6. The summed E-state index contributed by atoms with van der Waals surface area (Å²) in [6.45, 7) is 5.99. The highest BCUT2D eigenvalue weighted by atomic mass is 19.1. The molecule has 0 saturated heterocycles. The van der Waals surface area contributed by atoms with E-state index < -0.39 is 0 Å². The van der Waals surface area contributed by atoms with Crippen LogP contribution in [0, 0.1) is 11.7 Å². The Balaban J connectivity index is 1.58. The largest absolute Gasteiger partial charge is 0.356 e. The van der Waals surface area contributed by atoms with Crippen molar-refractivity contribution in [3.8, 4) is 0 Å². The summed E-state index contributed by atoms with van der Waals surface area (Å²) in [5.74, 6) is 1.46. The lowest BCUT2D eigenvalue weighted by molar-refractivity contribution is 0.486. The van der Waals surface area contributed by atoms with E-state index in [4.69, 9.17) is 0 Å². The van der Waals surface area contributed by atoms with Crippen LogP contribution in [-0.2, 0) is 5.41 Å². The summed E-state index contributed by atoms with van der Waals surface area (Å²) in [6, 6.07) is 11.1. The Bertz CT molecular complexity index is 769. The zero-order valence-corrected chi connectivity index (χ0v) is 16.4. The zero-order valence-electron chi connectivity index (χ0n) is 16.4. The van der Waals surface area contributed by atoms with Gasteiger partial charge in [-0.05, 0) is 48.1 Å². The van der Waals surface area contributed by atoms with Gasteiger partial charge in [0.1, 0.15) is 5.82 Å². The Morgan fingerprint density at radius 1 is 1.22 bits per heavy atom. The Morgan fingerprint density at radius 2 is 2.04 bits per heavy atom. The van der Waals surface area contributed by atoms with Crippen molar-refractivity contribution >= 4 is 5.96 Å². The summed E-state index contributed by atoms with van der Waals surface area (Å²) in [6.07, 6.45) is 5.89. The number of aliphatic imine (C=N–C) groups is 1. The Labute approximate surface area is 161 Å². The Morgan fingerprint density at radius 3 is 2.63 bits per heavy atom. The minimum absolute atomic E-state index is 0.0283. The number of nitrogens with zero attached hydrogens (tertiary/aromatic N) is 2. The highest BCUT2D eigenvalue weighted by Gasteiger charge is 2.44. The molecule has 1 atom stereocenters. The maximum atomic E-state index is 13.6. The molecular formula is C22H29FN4. The normalized spacial score (nSPS) is 16.9. The van der Waals surface area contributed by atoms with Crippen LogP contribution in [0.2, 0.25) is 0 Å². The molecule has 1 aliphatic carbocycles. The summed E-state index contributed by atoms with van der Waals surface area (Å²) >= 11 is 0. The Kier molecular flexibility index (Phi) is 6.09. The molecule has 1 unspecified atom stereocenters. The fourth-order valence-corrected chi connectivity index (χ4v) is 3.55. The van der Waals surface area contributed by atoms with E-state index in [2.05, 4.69) is 40.5 Å². The molecule has 5 heteroatoms. The number of guanidine groups is 1. The first-order valence-corrected chi connectivity index (χ1v) is 9.64. The van der Waals surface area contributed by atoms with Gasteiger partial charge in [0.25, 0.3) is 0 Å². The van der Waals surface area contributed by atoms with Crippen molar-refractivity contribution in [2.45, 2.75) is 38.0 Å². The molecule has 1 aliphatic rings. The summed E-state index contributed by atoms with van der Waals surface area (Å²) < 4.78 is 13.6. The van der Waals surface area contributed by atoms with Crippen molar-refractivity contribution in [1.82, 2.24) is 15.6 Å². The number of aromatic nitrogens is 1. The number of rotatable bonds is 7. The van der Waals surface area contributed by atoms with Crippen LogP contribution in [0.3, 0.4) is 0 Å². The number of pyridine rings is 1. The molecule has 27 heavy (non-hydrogen) atoms. The van der Waals surface area contributed by atoms with Gasteiger partial charge in [0.05, 0.1) is 0 Å².